The summed E-state index contributed by atoms with van der Waals surface area (Å²) in [6, 6.07) is 4.27. The Labute approximate surface area is 243 Å². The van der Waals surface area contributed by atoms with Crippen LogP contribution in [-0.2, 0) is 17.4 Å². The first-order valence-corrected chi connectivity index (χ1v) is 13.8. The van der Waals surface area contributed by atoms with Gasteiger partial charge in [-0.15, -0.1) is 0 Å². The molecule has 11 heteroatoms. The van der Waals surface area contributed by atoms with Gasteiger partial charge in [0, 0.05) is 30.2 Å². The van der Waals surface area contributed by atoms with E-state index in [0.717, 1.165) is 19.3 Å². The molecule has 4 rings (SSSR count). The van der Waals surface area contributed by atoms with Gasteiger partial charge in [-0.1, -0.05) is 30.5 Å². The minimum Gasteiger partial charge on any atom is -0.344 e. The highest BCUT2D eigenvalue weighted by molar-refractivity contribution is 6.43. The van der Waals surface area contributed by atoms with Crippen LogP contribution in [0.2, 0.25) is 0 Å². The Morgan fingerprint density at radius 3 is 2.52 bits per heavy atom. The van der Waals surface area contributed by atoms with Crippen LogP contribution in [0.25, 0.3) is 5.57 Å². The third-order valence-electron chi connectivity index (χ3n) is 7.82. The number of nitrogens with one attached hydrogen (secondary N) is 2. The molecule has 1 aliphatic rings. The molecule has 1 fully saturated rings. The Bertz CT molecular complexity index is 1610. The van der Waals surface area contributed by atoms with Crippen molar-refractivity contribution in [1.29, 1.82) is 0 Å². The van der Waals surface area contributed by atoms with E-state index < -0.39 is 23.1 Å². The summed E-state index contributed by atoms with van der Waals surface area (Å²) in [5.41, 5.74) is 1.71. The zero-order valence-corrected chi connectivity index (χ0v) is 24.5. The first-order valence-electron chi connectivity index (χ1n) is 13.8. The minimum atomic E-state index is -1.01. The molecule has 0 unspecified atom stereocenters. The number of hydrogen-bond donors (Lipinski definition) is 2. The largest absolute Gasteiger partial charge is 0.344 e. The number of allylic oxidation sites excluding steroid dienone is 3. The van der Waals surface area contributed by atoms with E-state index in [1.54, 1.807) is 44.5 Å². The number of benzene rings is 1. The zero-order chi connectivity index (χ0) is 30.6. The number of anilines is 1. The van der Waals surface area contributed by atoms with Crippen molar-refractivity contribution in [3.8, 4) is 0 Å². The number of hydrogen-bond acceptors (Lipinski definition) is 7. The van der Waals surface area contributed by atoms with Gasteiger partial charge in [0.1, 0.15) is 11.4 Å². The highest BCUT2D eigenvalue weighted by atomic mass is 19.1. The molecule has 0 radical (unpaired) electrons. The van der Waals surface area contributed by atoms with Gasteiger partial charge in [-0.2, -0.15) is 4.98 Å². The Kier molecular flexibility index (Phi) is 8.99. The SMILES string of the molecule is C=N/C=C\C(=C/C)c1noc(C2(NC(=O)C(=O)c3c(C)c(C(=O)Nc4ccc(F)c(C)c4)c(C)n3C)CCCCC2)n1. The molecule has 10 nitrogen and oxygen atoms in total. The highest BCUT2D eigenvalue weighted by Gasteiger charge is 2.43. The monoisotopic (exact) mass is 574 g/mol. The van der Waals surface area contributed by atoms with Crippen LogP contribution in [0.15, 0.2) is 46.1 Å². The summed E-state index contributed by atoms with van der Waals surface area (Å²) in [5, 5.41) is 9.79. The average Bonchev–Trinajstić information content (AvgIpc) is 3.54. The van der Waals surface area contributed by atoms with E-state index in [9.17, 15) is 18.8 Å². The van der Waals surface area contributed by atoms with Gasteiger partial charge in [0.25, 0.3) is 23.5 Å². The quantitative estimate of drug-likeness (QED) is 0.150. The number of aliphatic imine (C=N–C) groups is 1. The number of carbonyl (C=O) groups excluding carboxylic acids is 3. The molecule has 2 amide bonds. The van der Waals surface area contributed by atoms with E-state index in [1.807, 2.05) is 6.92 Å². The topological polar surface area (TPSA) is 131 Å². The average molecular weight is 575 g/mol. The van der Waals surface area contributed by atoms with Crippen molar-refractivity contribution in [1.82, 2.24) is 20.0 Å². The lowest BCUT2D eigenvalue weighted by Gasteiger charge is -2.34. The number of aromatic nitrogens is 3. The maximum atomic E-state index is 13.7. The van der Waals surface area contributed by atoms with Gasteiger partial charge in [-0.3, -0.25) is 19.4 Å². The number of amides is 2. The van der Waals surface area contributed by atoms with E-state index in [4.69, 9.17) is 4.52 Å². The third kappa shape index (κ3) is 5.86. The first-order chi connectivity index (χ1) is 20.0. The van der Waals surface area contributed by atoms with Crippen LogP contribution in [0.5, 0.6) is 0 Å². The van der Waals surface area contributed by atoms with Gasteiger partial charge in [-0.25, -0.2) is 4.39 Å². The van der Waals surface area contributed by atoms with Gasteiger partial charge in [0.05, 0.1) is 11.3 Å². The number of ketones is 1. The highest BCUT2D eigenvalue weighted by Crippen LogP contribution is 2.37. The smallest absolute Gasteiger partial charge is 0.294 e. The molecular weight excluding hydrogens is 539 g/mol. The van der Waals surface area contributed by atoms with Gasteiger partial charge in [0.15, 0.2) is 0 Å². The van der Waals surface area contributed by atoms with Gasteiger partial charge < -0.3 is 19.7 Å². The van der Waals surface area contributed by atoms with E-state index in [-0.39, 0.29) is 23.0 Å². The maximum absolute atomic E-state index is 13.7. The second-order valence-corrected chi connectivity index (χ2v) is 10.5. The van der Waals surface area contributed by atoms with Crippen molar-refractivity contribution in [2.75, 3.05) is 5.32 Å². The van der Waals surface area contributed by atoms with Gasteiger partial charge in [0.2, 0.25) is 5.82 Å². The van der Waals surface area contributed by atoms with Crippen molar-refractivity contribution in [3.63, 3.8) is 0 Å². The van der Waals surface area contributed by atoms with E-state index in [2.05, 4.69) is 32.5 Å². The fraction of sp³-hybridized carbons (Fsp3) is 0.355. The lowest BCUT2D eigenvalue weighted by Crippen LogP contribution is -2.50. The summed E-state index contributed by atoms with van der Waals surface area (Å²) >= 11 is 0. The molecule has 220 valence electrons. The Balaban J connectivity index is 1.62. The second kappa shape index (κ2) is 12.5. The molecule has 0 spiro atoms. The normalized spacial score (nSPS) is 15.0. The van der Waals surface area contributed by atoms with E-state index in [1.165, 1.54) is 24.4 Å². The summed E-state index contributed by atoms with van der Waals surface area (Å²) < 4.78 is 20.9. The number of carbonyl (C=O) groups is 3. The number of nitrogens with zero attached hydrogens (tertiary/aromatic N) is 4. The minimum absolute atomic E-state index is 0.0980. The molecule has 1 aromatic carbocycles. The van der Waals surface area contributed by atoms with Crippen molar-refractivity contribution in [2.24, 2.45) is 12.0 Å². The lowest BCUT2D eigenvalue weighted by atomic mass is 9.81. The fourth-order valence-corrected chi connectivity index (χ4v) is 5.45. The molecule has 2 aromatic heterocycles. The van der Waals surface area contributed by atoms with Crippen LogP contribution in [0.1, 0.15) is 88.4 Å². The van der Waals surface area contributed by atoms with Crippen LogP contribution >= 0.6 is 0 Å². The Morgan fingerprint density at radius 1 is 1.17 bits per heavy atom. The van der Waals surface area contributed by atoms with Crippen molar-refractivity contribution < 1.29 is 23.3 Å². The molecule has 3 aromatic rings. The van der Waals surface area contributed by atoms with Crippen LogP contribution in [-0.4, -0.2) is 39.0 Å². The number of Topliss-reactive ketones (excluding diaryl/α,β-unsaturated/α-hetero) is 1. The predicted molar refractivity (Wildman–Crippen MR) is 158 cm³/mol. The van der Waals surface area contributed by atoms with Crippen molar-refractivity contribution >= 4 is 35.6 Å². The molecule has 0 saturated heterocycles. The summed E-state index contributed by atoms with van der Waals surface area (Å²) in [6.07, 6.45) is 8.65. The molecular formula is C31H35FN6O4. The molecule has 0 bridgehead atoms. The van der Waals surface area contributed by atoms with Crippen LogP contribution in [0, 0.1) is 26.6 Å². The Hall–Kier alpha value is -4.67. The standard InChI is InChI=1S/C31H35FN6O4/c1-7-21(13-16-33-5)27-35-30(42-37-27)31(14-9-8-10-15-31)36-29(41)26(39)25-19(3)24(20(4)38(25)6)28(40)34-22-11-12-23(32)18(2)17-22/h7,11-13,16-17H,5,8-10,14-15H2,1-4,6H3,(H,34,40)(H,36,41)/b16-13-,21-7+. The summed E-state index contributed by atoms with van der Waals surface area (Å²) in [7, 11) is 1.63. The Morgan fingerprint density at radius 2 is 1.88 bits per heavy atom. The molecule has 1 saturated carbocycles. The number of halogens is 1. The lowest BCUT2D eigenvalue weighted by molar-refractivity contribution is -0.119. The van der Waals surface area contributed by atoms with Gasteiger partial charge in [-0.05, 0) is 82.7 Å². The third-order valence-corrected chi connectivity index (χ3v) is 7.82. The first kappa shape index (κ1) is 30.3. The summed E-state index contributed by atoms with van der Waals surface area (Å²) in [6.45, 7) is 10.2. The van der Waals surface area contributed by atoms with Crippen LogP contribution < -0.4 is 10.6 Å². The molecule has 0 atom stereocenters. The fourth-order valence-electron chi connectivity index (χ4n) is 5.45. The molecule has 0 aliphatic heterocycles. The van der Waals surface area contributed by atoms with Crippen molar-refractivity contribution in [3.05, 3.63) is 82.2 Å². The van der Waals surface area contributed by atoms with Crippen LogP contribution in [0.3, 0.4) is 0 Å². The predicted octanol–water partition coefficient (Wildman–Crippen LogP) is 5.50. The second-order valence-electron chi connectivity index (χ2n) is 10.5. The maximum Gasteiger partial charge on any atom is 0.294 e. The van der Waals surface area contributed by atoms with Crippen molar-refractivity contribution in [2.45, 2.75) is 65.3 Å². The van der Waals surface area contributed by atoms with Gasteiger partial charge >= 0.3 is 0 Å². The van der Waals surface area contributed by atoms with E-state index in [0.29, 0.717) is 46.7 Å². The molecule has 2 heterocycles. The molecule has 2 N–H and O–H groups in total. The summed E-state index contributed by atoms with van der Waals surface area (Å²) in [4.78, 5) is 48.7. The molecule has 1 aliphatic carbocycles. The zero-order valence-electron chi connectivity index (χ0n) is 24.5. The van der Waals surface area contributed by atoms with E-state index >= 15 is 0 Å². The number of aryl methyl sites for hydroxylation is 1. The number of rotatable bonds is 9. The van der Waals surface area contributed by atoms with Crippen LogP contribution in [0.4, 0.5) is 10.1 Å². The summed E-state index contributed by atoms with van der Waals surface area (Å²) in [5.74, 6) is -1.90. The molecule has 42 heavy (non-hydrogen) atoms.